The molecule has 1 aromatic rings. The average molecular weight is 260 g/mol. The lowest BCUT2D eigenvalue weighted by Gasteiger charge is -2.29. The zero-order chi connectivity index (χ0) is 13.7. The molecule has 0 saturated heterocycles. The topological polar surface area (TPSA) is 35.8 Å². The number of rotatable bonds is 4. The van der Waals surface area contributed by atoms with Crippen LogP contribution in [0.2, 0.25) is 0 Å². The van der Waals surface area contributed by atoms with Gasteiger partial charge in [0.15, 0.2) is 0 Å². The molecule has 2 rings (SSSR count). The van der Waals surface area contributed by atoms with E-state index in [-0.39, 0.29) is 5.82 Å². The standard InChI is InChI=1S/C16H21FN2/c1-2-12-4-3-5-15(8-12)19-11-14-7-6-13(10-18)9-16(14)17/h6-7,9,12,15,19H,2-5,8,11H2,1H3. The molecule has 0 spiro atoms. The van der Waals surface area contributed by atoms with Crippen LogP contribution in [0.4, 0.5) is 4.39 Å². The fraction of sp³-hybridized carbons (Fsp3) is 0.562. The molecule has 19 heavy (non-hydrogen) atoms. The Morgan fingerprint density at radius 2 is 2.26 bits per heavy atom. The first kappa shape index (κ1) is 14.0. The van der Waals surface area contributed by atoms with Gasteiger partial charge in [0.05, 0.1) is 11.6 Å². The highest BCUT2D eigenvalue weighted by molar-refractivity contribution is 5.32. The number of hydrogen-bond acceptors (Lipinski definition) is 2. The van der Waals surface area contributed by atoms with Crippen molar-refractivity contribution in [2.45, 2.75) is 51.6 Å². The SMILES string of the molecule is CCC1CCCC(NCc2ccc(C#N)cc2F)C1. The summed E-state index contributed by atoms with van der Waals surface area (Å²) in [6.45, 7) is 2.80. The van der Waals surface area contributed by atoms with E-state index in [1.165, 1.54) is 38.2 Å². The minimum atomic E-state index is -0.283. The molecule has 2 atom stereocenters. The molecule has 3 heteroatoms. The number of hydrogen-bond donors (Lipinski definition) is 1. The Morgan fingerprint density at radius 1 is 1.42 bits per heavy atom. The second-order valence-corrected chi connectivity index (χ2v) is 5.44. The molecule has 0 radical (unpaired) electrons. The molecule has 2 nitrogen and oxygen atoms in total. The predicted octanol–water partition coefficient (Wildman–Crippen LogP) is 3.76. The summed E-state index contributed by atoms with van der Waals surface area (Å²) in [5.41, 5.74) is 1.03. The van der Waals surface area contributed by atoms with Gasteiger partial charge in [0.2, 0.25) is 0 Å². The number of halogens is 1. The lowest BCUT2D eigenvalue weighted by Crippen LogP contribution is -2.33. The molecule has 1 aromatic carbocycles. The maximum Gasteiger partial charge on any atom is 0.129 e. The smallest absolute Gasteiger partial charge is 0.129 e. The molecule has 0 aliphatic heterocycles. The lowest BCUT2D eigenvalue weighted by molar-refractivity contribution is 0.277. The van der Waals surface area contributed by atoms with Crippen LogP contribution in [0, 0.1) is 23.1 Å². The van der Waals surface area contributed by atoms with Gasteiger partial charge in [-0.2, -0.15) is 5.26 Å². The van der Waals surface area contributed by atoms with Crippen molar-refractivity contribution in [3.63, 3.8) is 0 Å². The number of nitriles is 1. The van der Waals surface area contributed by atoms with Crippen LogP contribution in [0.15, 0.2) is 18.2 Å². The van der Waals surface area contributed by atoms with E-state index in [0.29, 0.717) is 23.7 Å². The summed E-state index contributed by atoms with van der Waals surface area (Å²) in [5, 5.41) is 12.2. The molecular formula is C16H21FN2. The van der Waals surface area contributed by atoms with Gasteiger partial charge in [-0.15, -0.1) is 0 Å². The van der Waals surface area contributed by atoms with Gasteiger partial charge in [0.25, 0.3) is 0 Å². The van der Waals surface area contributed by atoms with Crippen LogP contribution in [0.25, 0.3) is 0 Å². The maximum absolute atomic E-state index is 13.7. The van der Waals surface area contributed by atoms with Crippen molar-refractivity contribution in [1.82, 2.24) is 5.32 Å². The van der Waals surface area contributed by atoms with Gasteiger partial charge in [-0.3, -0.25) is 0 Å². The van der Waals surface area contributed by atoms with Gasteiger partial charge in [-0.25, -0.2) is 4.39 Å². The Morgan fingerprint density at radius 3 is 2.95 bits per heavy atom. The van der Waals surface area contributed by atoms with Crippen molar-refractivity contribution >= 4 is 0 Å². The maximum atomic E-state index is 13.7. The van der Waals surface area contributed by atoms with E-state index in [9.17, 15) is 4.39 Å². The number of nitrogens with one attached hydrogen (secondary N) is 1. The number of nitrogens with zero attached hydrogens (tertiary/aromatic N) is 1. The summed E-state index contributed by atoms with van der Waals surface area (Å²) in [7, 11) is 0. The van der Waals surface area contributed by atoms with E-state index in [1.54, 1.807) is 12.1 Å². The summed E-state index contributed by atoms with van der Waals surface area (Å²) < 4.78 is 13.7. The van der Waals surface area contributed by atoms with Gasteiger partial charge in [-0.05, 0) is 30.9 Å². The van der Waals surface area contributed by atoms with Crippen molar-refractivity contribution in [3.05, 3.63) is 35.1 Å². The molecular weight excluding hydrogens is 239 g/mol. The summed E-state index contributed by atoms with van der Waals surface area (Å²) in [4.78, 5) is 0. The van der Waals surface area contributed by atoms with E-state index in [4.69, 9.17) is 5.26 Å². The van der Waals surface area contributed by atoms with Gasteiger partial charge in [0.1, 0.15) is 5.82 Å². The van der Waals surface area contributed by atoms with Crippen LogP contribution in [-0.4, -0.2) is 6.04 Å². The van der Waals surface area contributed by atoms with E-state index in [2.05, 4.69) is 12.2 Å². The van der Waals surface area contributed by atoms with Crippen molar-refractivity contribution in [1.29, 1.82) is 5.26 Å². The molecule has 0 amide bonds. The van der Waals surface area contributed by atoms with Crippen LogP contribution in [0.1, 0.15) is 50.2 Å². The Balaban J connectivity index is 1.90. The fourth-order valence-electron chi connectivity index (χ4n) is 2.86. The fourth-order valence-corrected chi connectivity index (χ4v) is 2.86. The van der Waals surface area contributed by atoms with Gasteiger partial charge < -0.3 is 5.32 Å². The Labute approximate surface area is 114 Å². The molecule has 1 aliphatic rings. The highest BCUT2D eigenvalue weighted by atomic mass is 19.1. The number of benzene rings is 1. The minimum absolute atomic E-state index is 0.283. The first-order chi connectivity index (χ1) is 9.22. The second-order valence-electron chi connectivity index (χ2n) is 5.44. The highest BCUT2D eigenvalue weighted by Gasteiger charge is 2.20. The van der Waals surface area contributed by atoms with Gasteiger partial charge >= 0.3 is 0 Å². The first-order valence-corrected chi connectivity index (χ1v) is 7.14. The van der Waals surface area contributed by atoms with E-state index in [0.717, 1.165) is 5.92 Å². The molecule has 1 fully saturated rings. The molecule has 0 bridgehead atoms. The molecule has 2 unspecified atom stereocenters. The summed E-state index contributed by atoms with van der Waals surface area (Å²) in [6, 6.07) is 7.16. The van der Waals surface area contributed by atoms with Crippen molar-refractivity contribution < 1.29 is 4.39 Å². The van der Waals surface area contributed by atoms with Crippen LogP contribution < -0.4 is 5.32 Å². The van der Waals surface area contributed by atoms with Crippen LogP contribution in [-0.2, 0) is 6.54 Å². The molecule has 1 N–H and O–H groups in total. The van der Waals surface area contributed by atoms with Crippen LogP contribution in [0.3, 0.4) is 0 Å². The molecule has 1 saturated carbocycles. The molecule has 1 aliphatic carbocycles. The zero-order valence-corrected chi connectivity index (χ0v) is 11.5. The van der Waals surface area contributed by atoms with Crippen molar-refractivity contribution in [3.8, 4) is 6.07 Å². The third-order valence-corrected chi connectivity index (χ3v) is 4.12. The van der Waals surface area contributed by atoms with Gasteiger partial charge in [0, 0.05) is 18.2 Å². The Bertz CT molecular complexity index is 464. The van der Waals surface area contributed by atoms with E-state index >= 15 is 0 Å². The van der Waals surface area contributed by atoms with Crippen molar-refractivity contribution in [2.24, 2.45) is 5.92 Å². The molecule has 0 aromatic heterocycles. The highest BCUT2D eigenvalue weighted by Crippen LogP contribution is 2.26. The second kappa shape index (κ2) is 6.68. The van der Waals surface area contributed by atoms with E-state index in [1.807, 2.05) is 6.07 Å². The average Bonchev–Trinajstić information content (AvgIpc) is 2.46. The minimum Gasteiger partial charge on any atom is -0.310 e. The molecule has 102 valence electrons. The summed E-state index contributed by atoms with van der Waals surface area (Å²) in [5.74, 6) is 0.534. The van der Waals surface area contributed by atoms with Crippen LogP contribution in [0.5, 0.6) is 0 Å². The third-order valence-electron chi connectivity index (χ3n) is 4.12. The van der Waals surface area contributed by atoms with Crippen LogP contribution >= 0.6 is 0 Å². The Kier molecular flexibility index (Phi) is 4.93. The van der Waals surface area contributed by atoms with E-state index < -0.39 is 0 Å². The lowest BCUT2D eigenvalue weighted by atomic mass is 9.84. The quantitative estimate of drug-likeness (QED) is 0.894. The predicted molar refractivity (Wildman–Crippen MR) is 74.0 cm³/mol. The zero-order valence-electron chi connectivity index (χ0n) is 11.5. The van der Waals surface area contributed by atoms with Crippen molar-refractivity contribution in [2.75, 3.05) is 0 Å². The molecule has 0 heterocycles. The largest absolute Gasteiger partial charge is 0.310 e. The normalized spacial score (nSPS) is 23.0. The summed E-state index contributed by atoms with van der Waals surface area (Å²) in [6.07, 6.45) is 6.23. The first-order valence-electron chi connectivity index (χ1n) is 7.14. The summed E-state index contributed by atoms with van der Waals surface area (Å²) >= 11 is 0. The third kappa shape index (κ3) is 3.78. The Hall–Kier alpha value is -1.40. The monoisotopic (exact) mass is 260 g/mol. The van der Waals surface area contributed by atoms with Gasteiger partial charge in [-0.1, -0.05) is 32.3 Å².